The number of halogens is 2. The van der Waals surface area contributed by atoms with E-state index in [0.29, 0.717) is 12.2 Å². The summed E-state index contributed by atoms with van der Waals surface area (Å²) in [4.78, 5) is 53.2. The zero-order chi connectivity index (χ0) is 28.0. The number of ketones is 1. The van der Waals surface area contributed by atoms with Crippen molar-refractivity contribution in [1.82, 2.24) is 10.3 Å². The molecule has 13 heteroatoms. The van der Waals surface area contributed by atoms with Crippen LogP contribution in [-0.2, 0) is 14.3 Å². The number of pyridine rings is 1. The highest BCUT2D eigenvalue weighted by Crippen LogP contribution is 2.47. The number of carbonyl (C=O) groups excluding carboxylic acids is 4. The minimum atomic E-state index is -1.31. The number of hydrogen-bond donors (Lipinski definition) is 3. The lowest BCUT2D eigenvalue weighted by molar-refractivity contribution is -0.155. The van der Waals surface area contributed by atoms with Crippen LogP contribution in [0.25, 0.3) is 0 Å². The van der Waals surface area contributed by atoms with Crippen LogP contribution in [0.1, 0.15) is 55.5 Å². The number of esters is 1. The van der Waals surface area contributed by atoms with Crippen molar-refractivity contribution in [3.05, 3.63) is 51.9 Å². The Hall–Kier alpha value is -3.58. The number of benzene rings is 1. The van der Waals surface area contributed by atoms with Gasteiger partial charge in [-0.3, -0.25) is 14.9 Å². The maximum atomic E-state index is 15.0. The van der Waals surface area contributed by atoms with Gasteiger partial charge in [0.1, 0.15) is 17.7 Å². The monoisotopic (exact) mass is 594 g/mol. The number of anilines is 1. The Morgan fingerprint density at radius 3 is 2.55 bits per heavy atom. The summed E-state index contributed by atoms with van der Waals surface area (Å²) < 4.78 is 30.6. The first-order valence-electron chi connectivity index (χ1n) is 11.8. The molecule has 1 unspecified atom stereocenters. The summed E-state index contributed by atoms with van der Waals surface area (Å²) in [5.41, 5.74) is 5.61. The van der Waals surface area contributed by atoms with Gasteiger partial charge in [-0.25, -0.2) is 19.0 Å². The molecular weight excluding hydrogens is 567 g/mol. The van der Waals surface area contributed by atoms with Crippen LogP contribution in [0.5, 0.6) is 5.75 Å². The average Bonchev–Trinajstić information content (AvgIpc) is 3.62. The number of Topliss-reactive ketones (excluding diaryl/α,β-unsaturated/α-hetero) is 1. The van der Waals surface area contributed by atoms with E-state index in [-0.39, 0.29) is 29.2 Å². The van der Waals surface area contributed by atoms with E-state index in [1.165, 1.54) is 12.3 Å². The van der Waals surface area contributed by atoms with Crippen molar-refractivity contribution in [2.45, 2.75) is 51.6 Å². The molecule has 0 radical (unpaired) electrons. The lowest BCUT2D eigenvalue weighted by atomic mass is 10.00. The number of aromatic nitrogens is 1. The summed E-state index contributed by atoms with van der Waals surface area (Å²) in [5.74, 6) is -2.66. The quantitative estimate of drug-likeness (QED) is 0.158. The molecule has 1 saturated carbocycles. The first-order chi connectivity index (χ1) is 18.0. The van der Waals surface area contributed by atoms with E-state index in [1.54, 1.807) is 32.9 Å². The van der Waals surface area contributed by atoms with Crippen LogP contribution in [0.2, 0.25) is 0 Å². The molecule has 4 N–H and O–H groups in total. The summed E-state index contributed by atoms with van der Waals surface area (Å²) in [5, 5.41) is 5.28. The third-order valence-corrected chi connectivity index (χ3v) is 6.23. The zero-order valence-electron chi connectivity index (χ0n) is 21.0. The number of nitrogens with two attached hydrogens (primary N) is 1. The minimum absolute atomic E-state index is 0.0196. The van der Waals surface area contributed by atoms with Gasteiger partial charge in [-0.15, -0.1) is 0 Å². The second-order valence-electron chi connectivity index (χ2n) is 8.87. The zero-order valence-corrected chi connectivity index (χ0v) is 22.5. The molecule has 2 aromatic rings. The normalized spacial score (nSPS) is 16.8. The van der Waals surface area contributed by atoms with Crippen molar-refractivity contribution >= 4 is 45.7 Å². The molecular formula is C25H28BrFN4O7. The Morgan fingerprint density at radius 2 is 1.92 bits per heavy atom. The van der Waals surface area contributed by atoms with Crippen molar-refractivity contribution < 1.29 is 37.8 Å². The highest BCUT2D eigenvalue weighted by Gasteiger charge is 2.44. The molecule has 3 atom stereocenters. The van der Waals surface area contributed by atoms with Gasteiger partial charge in [0.25, 0.3) is 0 Å². The number of hydrogen-bond acceptors (Lipinski definition) is 9. The average molecular weight is 595 g/mol. The molecule has 0 spiro atoms. The second kappa shape index (κ2) is 12.8. The van der Waals surface area contributed by atoms with Crippen LogP contribution in [0, 0.1) is 11.7 Å². The molecule has 11 nitrogen and oxygen atoms in total. The summed E-state index contributed by atoms with van der Waals surface area (Å²) >= 11 is 3.26. The predicted molar refractivity (Wildman–Crippen MR) is 137 cm³/mol. The van der Waals surface area contributed by atoms with Crippen LogP contribution >= 0.6 is 15.9 Å². The van der Waals surface area contributed by atoms with Crippen molar-refractivity contribution in [1.29, 1.82) is 0 Å². The number of nitrogens with one attached hydrogen (secondary N) is 2. The van der Waals surface area contributed by atoms with Crippen LogP contribution in [0.4, 0.5) is 19.8 Å². The van der Waals surface area contributed by atoms with Gasteiger partial charge in [0.15, 0.2) is 11.5 Å². The maximum Gasteiger partial charge on any atom is 0.516 e. The molecule has 204 valence electrons. The fraction of sp³-hybridized carbons (Fsp3) is 0.400. The Morgan fingerprint density at radius 1 is 1.18 bits per heavy atom. The molecule has 1 aromatic carbocycles. The Labute approximate surface area is 226 Å². The maximum absolute atomic E-state index is 15.0. The summed E-state index contributed by atoms with van der Waals surface area (Å²) in [7, 11) is 0. The number of ether oxygens (including phenoxy) is 3. The smallest absolute Gasteiger partial charge is 0.427 e. The highest BCUT2D eigenvalue weighted by atomic mass is 79.9. The van der Waals surface area contributed by atoms with Gasteiger partial charge in [-0.05, 0) is 52.5 Å². The molecule has 1 heterocycles. The molecule has 0 aliphatic heterocycles. The first-order valence-corrected chi connectivity index (χ1v) is 12.6. The number of nitrogens with zero attached hydrogens (tertiary/aromatic N) is 1. The van der Waals surface area contributed by atoms with Crippen molar-refractivity contribution in [2.75, 3.05) is 12.1 Å². The minimum Gasteiger partial charge on any atom is -0.427 e. The third kappa shape index (κ3) is 7.48. The molecule has 1 aliphatic carbocycles. The van der Waals surface area contributed by atoms with E-state index in [0.717, 1.165) is 10.5 Å². The van der Waals surface area contributed by atoms with E-state index >= 15 is 0 Å². The molecule has 3 rings (SSSR count). The molecule has 1 fully saturated rings. The SMILES string of the molecule is CCC(=O)c1ccc(F)c([C@@H]2C[C@@H]2NC(=O)Nc2ccc(Br)cn2)c1OC(=O)OCOC(=O)C(N)C(C)C. The van der Waals surface area contributed by atoms with Gasteiger partial charge >= 0.3 is 18.2 Å². The Kier molecular flexibility index (Phi) is 9.75. The van der Waals surface area contributed by atoms with Gasteiger partial charge < -0.3 is 25.3 Å². The molecule has 38 heavy (non-hydrogen) atoms. The summed E-state index contributed by atoms with van der Waals surface area (Å²) in [6.07, 6.45) is 0.606. The fourth-order valence-corrected chi connectivity index (χ4v) is 3.74. The van der Waals surface area contributed by atoms with E-state index in [9.17, 15) is 23.6 Å². The van der Waals surface area contributed by atoms with Crippen LogP contribution in [-0.4, -0.2) is 47.8 Å². The Balaban J connectivity index is 1.70. The van der Waals surface area contributed by atoms with E-state index in [2.05, 4.69) is 31.5 Å². The van der Waals surface area contributed by atoms with E-state index < -0.39 is 54.6 Å². The molecule has 0 bridgehead atoms. The lowest BCUT2D eigenvalue weighted by Gasteiger charge is -2.16. The van der Waals surface area contributed by atoms with Gasteiger partial charge in [0.2, 0.25) is 6.79 Å². The van der Waals surface area contributed by atoms with Crippen molar-refractivity contribution in [3.8, 4) is 5.75 Å². The van der Waals surface area contributed by atoms with Gasteiger partial charge in [0, 0.05) is 34.6 Å². The molecule has 1 aliphatic rings. The summed E-state index contributed by atoms with van der Waals surface area (Å²) in [6, 6.07) is 3.66. The van der Waals surface area contributed by atoms with Crippen LogP contribution < -0.4 is 21.1 Å². The summed E-state index contributed by atoms with van der Waals surface area (Å²) in [6.45, 7) is 4.27. The van der Waals surface area contributed by atoms with Gasteiger partial charge in [-0.1, -0.05) is 20.8 Å². The van der Waals surface area contributed by atoms with E-state index in [1.807, 2.05) is 0 Å². The standard InChI is InChI=1S/C25H28BrFN4O7/c1-4-18(32)14-6-7-16(27)20(22(14)38-25(35)37-11-36-23(33)21(28)12(2)3)15-9-17(15)30-24(34)31-19-8-5-13(26)10-29-19/h5-8,10,12,15,17,21H,4,9,11,28H2,1-3H3,(H2,29,30,31,34)/t15-,17+,21?/m1/s1. The lowest BCUT2D eigenvalue weighted by Crippen LogP contribution is -2.37. The van der Waals surface area contributed by atoms with Crippen LogP contribution in [0.15, 0.2) is 34.9 Å². The van der Waals surface area contributed by atoms with E-state index in [4.69, 9.17) is 19.9 Å². The largest absolute Gasteiger partial charge is 0.516 e. The fourth-order valence-electron chi connectivity index (χ4n) is 3.50. The third-order valence-electron chi connectivity index (χ3n) is 5.76. The molecule has 0 saturated heterocycles. The van der Waals surface area contributed by atoms with Crippen molar-refractivity contribution in [3.63, 3.8) is 0 Å². The Bertz CT molecular complexity index is 1210. The topological polar surface area (TPSA) is 159 Å². The second-order valence-corrected chi connectivity index (χ2v) is 9.79. The number of amides is 2. The number of carbonyl (C=O) groups is 4. The number of rotatable bonds is 10. The predicted octanol–water partition coefficient (Wildman–Crippen LogP) is 4.25. The highest BCUT2D eigenvalue weighted by molar-refractivity contribution is 9.10. The molecule has 1 aromatic heterocycles. The van der Waals surface area contributed by atoms with Crippen LogP contribution in [0.3, 0.4) is 0 Å². The molecule has 2 amide bonds. The van der Waals surface area contributed by atoms with Crippen molar-refractivity contribution in [2.24, 2.45) is 11.7 Å². The number of urea groups is 1. The van der Waals surface area contributed by atoms with Gasteiger partial charge in [-0.2, -0.15) is 0 Å². The first kappa shape index (κ1) is 29.0. The van der Waals surface area contributed by atoms with Gasteiger partial charge in [0.05, 0.1) is 5.56 Å².